The largest absolute Gasteiger partial charge is 0.480 e. The van der Waals surface area contributed by atoms with E-state index in [9.17, 15) is 14.4 Å². The molecule has 22 heavy (non-hydrogen) atoms. The maximum absolute atomic E-state index is 11.3. The van der Waals surface area contributed by atoms with Crippen molar-refractivity contribution in [2.75, 3.05) is 22.4 Å². The highest BCUT2D eigenvalue weighted by Gasteiger charge is 2.14. The summed E-state index contributed by atoms with van der Waals surface area (Å²) in [6.07, 6.45) is 0.0314. The lowest BCUT2D eigenvalue weighted by atomic mass is 10.0. The molecule has 0 aliphatic carbocycles. The van der Waals surface area contributed by atoms with E-state index in [4.69, 9.17) is 34.0 Å². The first kappa shape index (κ1) is 18.2. The molecular weight excluding hydrogens is 333 g/mol. The molecule has 0 heterocycles. The van der Waals surface area contributed by atoms with Crippen molar-refractivity contribution in [3.63, 3.8) is 0 Å². The van der Waals surface area contributed by atoms with Crippen LogP contribution in [-0.4, -0.2) is 40.7 Å². The number of carboxylic acids is 1. The van der Waals surface area contributed by atoms with Crippen LogP contribution in [0.15, 0.2) is 18.2 Å². The van der Waals surface area contributed by atoms with Crippen LogP contribution in [0.1, 0.15) is 5.56 Å². The van der Waals surface area contributed by atoms with Gasteiger partial charge in [0.05, 0.1) is 0 Å². The molecule has 120 valence electrons. The van der Waals surface area contributed by atoms with Crippen LogP contribution < -0.4 is 16.4 Å². The van der Waals surface area contributed by atoms with Gasteiger partial charge in [-0.25, -0.2) is 0 Å². The van der Waals surface area contributed by atoms with Crippen molar-refractivity contribution >= 4 is 52.4 Å². The first-order valence-electron chi connectivity index (χ1n) is 6.19. The summed E-state index contributed by atoms with van der Waals surface area (Å²) >= 11 is 10.8. The van der Waals surface area contributed by atoms with Crippen molar-refractivity contribution in [3.05, 3.63) is 23.8 Å². The zero-order valence-corrected chi connectivity index (χ0v) is 12.9. The molecule has 1 aromatic rings. The van der Waals surface area contributed by atoms with Crippen LogP contribution in [0.4, 0.5) is 11.4 Å². The molecule has 0 fully saturated rings. The van der Waals surface area contributed by atoms with Gasteiger partial charge in [-0.3, -0.25) is 14.4 Å². The van der Waals surface area contributed by atoms with Crippen molar-refractivity contribution in [3.8, 4) is 0 Å². The molecular formula is C13H15Cl2N3O4. The fourth-order valence-electron chi connectivity index (χ4n) is 1.68. The summed E-state index contributed by atoms with van der Waals surface area (Å²) in [5.74, 6) is -2.49. The van der Waals surface area contributed by atoms with E-state index in [-0.39, 0.29) is 18.2 Å². The number of carboxylic acid groups (broad SMARTS) is 1. The molecule has 7 nitrogen and oxygen atoms in total. The van der Waals surface area contributed by atoms with Crippen molar-refractivity contribution < 1.29 is 19.5 Å². The summed E-state index contributed by atoms with van der Waals surface area (Å²) in [7, 11) is 0. The van der Waals surface area contributed by atoms with Crippen LogP contribution >= 0.6 is 23.2 Å². The van der Waals surface area contributed by atoms with E-state index in [0.717, 1.165) is 0 Å². The highest BCUT2D eigenvalue weighted by molar-refractivity contribution is 6.29. The minimum Gasteiger partial charge on any atom is -0.480 e. The number of halogens is 2. The molecule has 5 N–H and O–H groups in total. The number of carbonyl (C=O) groups is 3. The van der Waals surface area contributed by atoms with E-state index in [1.807, 2.05) is 0 Å². The van der Waals surface area contributed by atoms with Crippen molar-refractivity contribution in [2.24, 2.45) is 5.73 Å². The molecule has 0 bridgehead atoms. The maximum atomic E-state index is 11.3. The van der Waals surface area contributed by atoms with Crippen LogP contribution in [-0.2, 0) is 20.8 Å². The summed E-state index contributed by atoms with van der Waals surface area (Å²) < 4.78 is 0. The van der Waals surface area contributed by atoms with E-state index in [1.54, 1.807) is 12.1 Å². The Hall–Kier alpha value is -1.83. The van der Waals surface area contributed by atoms with Crippen molar-refractivity contribution in [1.29, 1.82) is 0 Å². The normalized spacial score (nSPS) is 11.6. The predicted molar refractivity (Wildman–Crippen MR) is 84.5 cm³/mol. The highest BCUT2D eigenvalue weighted by atomic mass is 35.5. The third kappa shape index (κ3) is 5.88. The Kier molecular flexibility index (Phi) is 7.10. The van der Waals surface area contributed by atoms with E-state index in [0.29, 0.717) is 16.9 Å². The average molecular weight is 348 g/mol. The van der Waals surface area contributed by atoms with Gasteiger partial charge in [-0.2, -0.15) is 0 Å². The minimum absolute atomic E-state index is 0.0314. The minimum atomic E-state index is -1.15. The van der Waals surface area contributed by atoms with Gasteiger partial charge in [0.15, 0.2) is 0 Å². The van der Waals surface area contributed by atoms with Gasteiger partial charge >= 0.3 is 5.97 Å². The lowest BCUT2D eigenvalue weighted by Crippen LogP contribution is -2.32. The Morgan fingerprint density at radius 2 is 1.50 bits per heavy atom. The van der Waals surface area contributed by atoms with E-state index in [1.165, 1.54) is 6.07 Å². The molecule has 0 spiro atoms. The quantitative estimate of drug-likeness (QED) is 0.548. The number of nitrogens with two attached hydrogens (primary N) is 1. The Morgan fingerprint density at radius 1 is 1.05 bits per heavy atom. The lowest BCUT2D eigenvalue weighted by molar-refractivity contribution is -0.138. The molecule has 0 radical (unpaired) electrons. The molecule has 0 aliphatic rings. The van der Waals surface area contributed by atoms with Gasteiger partial charge in [0.2, 0.25) is 11.8 Å². The van der Waals surface area contributed by atoms with Gasteiger partial charge in [-0.1, -0.05) is 0 Å². The summed E-state index contributed by atoms with van der Waals surface area (Å²) in [6, 6.07) is 3.52. The van der Waals surface area contributed by atoms with Crippen LogP contribution in [0.25, 0.3) is 0 Å². The van der Waals surface area contributed by atoms with Gasteiger partial charge in [0.1, 0.15) is 17.8 Å². The van der Waals surface area contributed by atoms with Crippen LogP contribution in [0.3, 0.4) is 0 Å². The number of anilines is 2. The monoisotopic (exact) mass is 347 g/mol. The highest BCUT2D eigenvalue weighted by Crippen LogP contribution is 2.20. The second-order valence-corrected chi connectivity index (χ2v) is 4.97. The summed E-state index contributed by atoms with van der Waals surface area (Å²) in [5.41, 5.74) is 6.75. The third-order valence-electron chi connectivity index (χ3n) is 2.58. The van der Waals surface area contributed by atoms with Gasteiger partial charge in [-0.05, 0) is 30.2 Å². The molecule has 0 unspecified atom stereocenters. The zero-order chi connectivity index (χ0) is 16.7. The first-order chi connectivity index (χ1) is 10.3. The SMILES string of the molecule is N[C@@H](Cc1cc(NC(=O)CCl)cc(NC(=O)CCl)c1)C(=O)O. The van der Waals surface area contributed by atoms with Gasteiger partial charge in [0, 0.05) is 11.4 Å². The molecule has 1 atom stereocenters. The van der Waals surface area contributed by atoms with Crippen LogP contribution in [0.5, 0.6) is 0 Å². The summed E-state index contributed by atoms with van der Waals surface area (Å²) in [5, 5.41) is 13.9. The smallest absolute Gasteiger partial charge is 0.320 e. The Balaban J connectivity index is 3.05. The van der Waals surface area contributed by atoms with Crippen molar-refractivity contribution in [2.45, 2.75) is 12.5 Å². The van der Waals surface area contributed by atoms with E-state index >= 15 is 0 Å². The second kappa shape index (κ2) is 8.57. The molecule has 0 saturated carbocycles. The Labute approximate surface area is 136 Å². The summed E-state index contributed by atoms with van der Waals surface area (Å²) in [6.45, 7) is 0. The molecule has 0 saturated heterocycles. The predicted octanol–water partition coefficient (Wildman–Crippen LogP) is 0.996. The van der Waals surface area contributed by atoms with Crippen molar-refractivity contribution in [1.82, 2.24) is 0 Å². The standard InChI is InChI=1S/C13H15Cl2N3O4/c14-5-11(19)17-8-1-7(3-10(16)13(21)22)2-9(4-8)18-12(20)6-15/h1-2,4,10H,3,5-6,16H2,(H,17,19)(H,18,20)(H,21,22)/t10-/m0/s1. The number of aliphatic carboxylic acids is 1. The third-order valence-corrected chi connectivity index (χ3v) is 3.06. The second-order valence-electron chi connectivity index (χ2n) is 4.43. The van der Waals surface area contributed by atoms with E-state index in [2.05, 4.69) is 10.6 Å². The number of hydrogen-bond donors (Lipinski definition) is 4. The van der Waals surface area contributed by atoms with Crippen LogP contribution in [0, 0.1) is 0 Å². The molecule has 0 aromatic heterocycles. The number of benzene rings is 1. The number of rotatable bonds is 7. The number of amides is 2. The maximum Gasteiger partial charge on any atom is 0.320 e. The molecule has 1 rings (SSSR count). The number of nitrogens with one attached hydrogen (secondary N) is 2. The van der Waals surface area contributed by atoms with Gasteiger partial charge in [-0.15, -0.1) is 23.2 Å². The fraction of sp³-hybridized carbons (Fsp3) is 0.308. The fourth-order valence-corrected chi connectivity index (χ4v) is 1.82. The average Bonchev–Trinajstić information content (AvgIpc) is 2.46. The Morgan fingerprint density at radius 3 is 1.86 bits per heavy atom. The zero-order valence-electron chi connectivity index (χ0n) is 11.4. The van der Waals surface area contributed by atoms with Gasteiger partial charge < -0.3 is 21.5 Å². The molecule has 0 aliphatic heterocycles. The molecule has 1 aromatic carbocycles. The molecule has 2 amide bonds. The number of alkyl halides is 2. The van der Waals surface area contributed by atoms with E-state index < -0.39 is 23.8 Å². The lowest BCUT2D eigenvalue weighted by Gasteiger charge is -2.12. The summed E-state index contributed by atoms with van der Waals surface area (Å²) in [4.78, 5) is 33.5. The number of carbonyl (C=O) groups excluding carboxylic acids is 2. The topological polar surface area (TPSA) is 122 Å². The van der Waals surface area contributed by atoms with Crippen LogP contribution in [0.2, 0.25) is 0 Å². The number of hydrogen-bond acceptors (Lipinski definition) is 4. The van der Waals surface area contributed by atoms with Gasteiger partial charge in [0.25, 0.3) is 0 Å². The molecule has 9 heteroatoms. The Bertz CT molecular complexity index is 544. The first-order valence-corrected chi connectivity index (χ1v) is 7.26.